The average molecular weight is 215 g/mol. The van der Waals surface area contributed by atoms with E-state index in [1.807, 2.05) is 0 Å². The third-order valence-electron chi connectivity index (χ3n) is 2.60. The van der Waals surface area contributed by atoms with Crippen LogP contribution in [0.25, 0.3) is 0 Å². The summed E-state index contributed by atoms with van der Waals surface area (Å²) in [5.74, 6) is -0.344. The lowest BCUT2D eigenvalue weighted by atomic mass is 10.1. The van der Waals surface area contributed by atoms with Gasteiger partial charge in [-0.05, 0) is 26.3 Å². The molecule has 5 N–H and O–H groups in total. The average Bonchev–Trinajstić information content (AvgIpc) is 2.70. The second-order valence-corrected chi connectivity index (χ2v) is 3.87. The third-order valence-corrected chi connectivity index (χ3v) is 2.60. The van der Waals surface area contributed by atoms with Crippen molar-refractivity contribution in [2.75, 3.05) is 6.54 Å². The molecule has 6 heteroatoms. The summed E-state index contributed by atoms with van der Waals surface area (Å²) in [6.07, 6.45) is 0.872. The summed E-state index contributed by atoms with van der Waals surface area (Å²) in [6, 6.07) is -0.313. The maximum atomic E-state index is 11.6. The molecule has 1 heterocycles. The topological polar surface area (TPSA) is 104 Å². The van der Waals surface area contributed by atoms with Crippen molar-refractivity contribution >= 4 is 12.2 Å². The highest BCUT2D eigenvalue weighted by atomic mass is 16.3. The molecule has 0 unspecified atom stereocenters. The number of rotatable bonds is 4. The van der Waals surface area contributed by atoms with Crippen LogP contribution in [0.2, 0.25) is 0 Å². The van der Waals surface area contributed by atoms with Gasteiger partial charge in [-0.2, -0.15) is 0 Å². The predicted octanol–water partition coefficient (Wildman–Crippen LogP) is -1.91. The smallest absolute Gasteiger partial charge is 0.238 e. The van der Waals surface area contributed by atoms with Crippen LogP contribution in [-0.2, 0) is 9.59 Å². The van der Waals surface area contributed by atoms with Crippen LogP contribution in [-0.4, -0.2) is 41.7 Å². The first-order valence-electron chi connectivity index (χ1n) is 4.98. The standard InChI is InChI=1S/C9H17N3O3/c1-6(14)9(10,5-13)12-8(15)7-3-2-4-11-7/h5-7,11,14H,2-4,10H2,1H3,(H,12,15)/t6-,7-,9-/m1/s1. The van der Waals surface area contributed by atoms with Crippen molar-refractivity contribution in [3.8, 4) is 0 Å². The molecule has 0 aliphatic carbocycles. The number of carbonyl (C=O) groups excluding carboxylic acids is 2. The molecule has 15 heavy (non-hydrogen) atoms. The Morgan fingerprint density at radius 1 is 1.80 bits per heavy atom. The second kappa shape index (κ2) is 4.69. The van der Waals surface area contributed by atoms with Crippen molar-refractivity contribution in [2.45, 2.75) is 37.6 Å². The minimum atomic E-state index is -1.69. The van der Waals surface area contributed by atoms with Gasteiger partial charge in [0.05, 0.1) is 12.1 Å². The number of aliphatic hydroxyl groups excluding tert-OH is 1. The zero-order valence-electron chi connectivity index (χ0n) is 8.69. The lowest BCUT2D eigenvalue weighted by Gasteiger charge is -2.28. The number of nitrogens with one attached hydrogen (secondary N) is 2. The number of aliphatic hydroxyl groups is 1. The van der Waals surface area contributed by atoms with E-state index in [4.69, 9.17) is 5.73 Å². The molecule has 6 nitrogen and oxygen atoms in total. The molecule has 0 aromatic rings. The zero-order valence-corrected chi connectivity index (χ0v) is 8.69. The summed E-state index contributed by atoms with van der Waals surface area (Å²) in [7, 11) is 0. The number of carbonyl (C=O) groups is 2. The number of amides is 1. The van der Waals surface area contributed by atoms with Gasteiger partial charge in [0.25, 0.3) is 0 Å². The highest BCUT2D eigenvalue weighted by molar-refractivity contribution is 5.86. The van der Waals surface area contributed by atoms with Crippen LogP contribution < -0.4 is 16.4 Å². The summed E-state index contributed by atoms with van der Waals surface area (Å²) in [6.45, 7) is 2.14. The molecule has 0 saturated carbocycles. The molecule has 0 bridgehead atoms. The van der Waals surface area contributed by atoms with Crippen LogP contribution >= 0.6 is 0 Å². The summed E-state index contributed by atoms with van der Waals surface area (Å²) in [4.78, 5) is 22.3. The van der Waals surface area contributed by atoms with E-state index in [0.717, 1.165) is 19.4 Å². The Bertz CT molecular complexity index is 251. The number of hydrogen-bond acceptors (Lipinski definition) is 5. The summed E-state index contributed by atoms with van der Waals surface area (Å²) < 4.78 is 0. The fourth-order valence-corrected chi connectivity index (χ4v) is 1.44. The SMILES string of the molecule is C[C@@H](O)[C@@](N)(C=O)NC(=O)[C@H]1CCCN1. The van der Waals surface area contributed by atoms with Gasteiger partial charge >= 0.3 is 0 Å². The van der Waals surface area contributed by atoms with Gasteiger partial charge in [0.2, 0.25) is 5.91 Å². The lowest BCUT2D eigenvalue weighted by Crippen LogP contribution is -2.66. The van der Waals surface area contributed by atoms with Crippen LogP contribution in [0.1, 0.15) is 19.8 Å². The van der Waals surface area contributed by atoms with Crippen LogP contribution in [0.5, 0.6) is 0 Å². The fourth-order valence-electron chi connectivity index (χ4n) is 1.44. The first kappa shape index (κ1) is 12.1. The van der Waals surface area contributed by atoms with E-state index < -0.39 is 11.8 Å². The Morgan fingerprint density at radius 3 is 2.87 bits per heavy atom. The fraction of sp³-hybridized carbons (Fsp3) is 0.778. The minimum Gasteiger partial charge on any atom is -0.389 e. The molecule has 86 valence electrons. The van der Waals surface area contributed by atoms with Gasteiger partial charge in [-0.15, -0.1) is 0 Å². The molecule has 1 amide bonds. The van der Waals surface area contributed by atoms with Crippen molar-refractivity contribution in [3.05, 3.63) is 0 Å². The van der Waals surface area contributed by atoms with E-state index in [0.29, 0.717) is 6.29 Å². The Labute approximate surface area is 88.2 Å². The Kier molecular flexibility index (Phi) is 3.78. The van der Waals surface area contributed by atoms with Crippen molar-refractivity contribution in [2.24, 2.45) is 5.73 Å². The van der Waals surface area contributed by atoms with E-state index in [-0.39, 0.29) is 11.9 Å². The molecule has 0 aromatic heterocycles. The Balaban J connectivity index is 2.58. The van der Waals surface area contributed by atoms with Crippen molar-refractivity contribution < 1.29 is 14.7 Å². The van der Waals surface area contributed by atoms with Crippen molar-refractivity contribution in [1.29, 1.82) is 0 Å². The van der Waals surface area contributed by atoms with E-state index in [1.54, 1.807) is 0 Å². The van der Waals surface area contributed by atoms with Gasteiger partial charge in [-0.1, -0.05) is 0 Å². The highest BCUT2D eigenvalue weighted by Gasteiger charge is 2.35. The first-order chi connectivity index (χ1) is 6.99. The first-order valence-corrected chi connectivity index (χ1v) is 4.98. The van der Waals surface area contributed by atoms with E-state index in [1.165, 1.54) is 6.92 Å². The molecule has 1 aliphatic heterocycles. The maximum Gasteiger partial charge on any atom is 0.238 e. The molecule has 1 saturated heterocycles. The number of nitrogens with two attached hydrogens (primary N) is 1. The van der Waals surface area contributed by atoms with Gasteiger partial charge in [0, 0.05) is 0 Å². The van der Waals surface area contributed by atoms with Crippen molar-refractivity contribution in [1.82, 2.24) is 10.6 Å². The minimum absolute atomic E-state index is 0.313. The third kappa shape index (κ3) is 2.74. The normalized spacial score (nSPS) is 26.7. The molecule has 0 radical (unpaired) electrons. The van der Waals surface area contributed by atoms with Gasteiger partial charge in [-0.3, -0.25) is 9.59 Å². The van der Waals surface area contributed by atoms with Gasteiger partial charge in [0.15, 0.2) is 11.9 Å². The van der Waals surface area contributed by atoms with E-state index >= 15 is 0 Å². The Morgan fingerprint density at radius 2 is 2.47 bits per heavy atom. The number of hydrogen-bond donors (Lipinski definition) is 4. The van der Waals surface area contributed by atoms with Gasteiger partial charge in [0.1, 0.15) is 0 Å². The lowest BCUT2D eigenvalue weighted by molar-refractivity contribution is -0.131. The highest BCUT2D eigenvalue weighted by Crippen LogP contribution is 2.07. The summed E-state index contributed by atoms with van der Waals surface area (Å²) in [5, 5.41) is 14.6. The Hall–Kier alpha value is -0.980. The van der Waals surface area contributed by atoms with E-state index in [2.05, 4.69) is 10.6 Å². The maximum absolute atomic E-state index is 11.6. The molecular weight excluding hydrogens is 198 g/mol. The van der Waals surface area contributed by atoms with Crippen LogP contribution in [0.3, 0.4) is 0 Å². The molecule has 1 rings (SSSR count). The number of aldehydes is 1. The van der Waals surface area contributed by atoms with Crippen LogP contribution in [0, 0.1) is 0 Å². The monoisotopic (exact) mass is 215 g/mol. The molecule has 0 aromatic carbocycles. The molecule has 3 atom stereocenters. The van der Waals surface area contributed by atoms with Gasteiger partial charge < -0.3 is 21.5 Å². The molecule has 1 fully saturated rings. The van der Waals surface area contributed by atoms with Crippen LogP contribution in [0.15, 0.2) is 0 Å². The predicted molar refractivity (Wildman–Crippen MR) is 53.8 cm³/mol. The largest absolute Gasteiger partial charge is 0.389 e. The molecular formula is C9H17N3O3. The van der Waals surface area contributed by atoms with Gasteiger partial charge in [-0.25, -0.2) is 0 Å². The summed E-state index contributed by atoms with van der Waals surface area (Å²) >= 11 is 0. The molecule has 0 spiro atoms. The quantitative estimate of drug-likeness (QED) is 0.323. The summed E-state index contributed by atoms with van der Waals surface area (Å²) in [5.41, 5.74) is 3.84. The van der Waals surface area contributed by atoms with Crippen molar-refractivity contribution in [3.63, 3.8) is 0 Å². The van der Waals surface area contributed by atoms with E-state index in [9.17, 15) is 14.7 Å². The zero-order chi connectivity index (χ0) is 11.5. The second-order valence-electron chi connectivity index (χ2n) is 3.87. The van der Waals surface area contributed by atoms with Crippen LogP contribution in [0.4, 0.5) is 0 Å². The molecule has 1 aliphatic rings.